The quantitative estimate of drug-likeness (QED) is 0.928. The van der Waals surface area contributed by atoms with E-state index in [1.807, 2.05) is 6.92 Å². The Bertz CT molecular complexity index is 548. The van der Waals surface area contributed by atoms with E-state index in [4.69, 9.17) is 4.74 Å². The molecule has 1 aromatic carbocycles. The number of hydrazone groups is 1. The van der Waals surface area contributed by atoms with E-state index >= 15 is 0 Å². The summed E-state index contributed by atoms with van der Waals surface area (Å²) >= 11 is 1.40. The third-order valence-corrected chi connectivity index (χ3v) is 3.50. The van der Waals surface area contributed by atoms with Gasteiger partial charge in [-0.15, -0.1) is 0 Å². The van der Waals surface area contributed by atoms with Crippen molar-refractivity contribution in [1.29, 1.82) is 0 Å². The average Bonchev–Trinajstić information content (AvgIpc) is 2.43. The second-order valence-electron chi connectivity index (χ2n) is 4.32. The van der Waals surface area contributed by atoms with E-state index in [9.17, 15) is 8.78 Å². The number of halogens is 2. The minimum Gasteiger partial charge on any atom is -0.382 e. The zero-order chi connectivity index (χ0) is 14.5. The first-order valence-corrected chi connectivity index (χ1v) is 7.06. The van der Waals surface area contributed by atoms with Crippen LogP contribution in [0.15, 0.2) is 28.3 Å². The van der Waals surface area contributed by atoms with Gasteiger partial charge in [-0.25, -0.2) is 8.78 Å². The summed E-state index contributed by atoms with van der Waals surface area (Å²) in [6.45, 7) is 2.44. The van der Waals surface area contributed by atoms with E-state index in [2.05, 4.69) is 15.5 Å². The van der Waals surface area contributed by atoms with Crippen molar-refractivity contribution in [1.82, 2.24) is 5.43 Å². The lowest BCUT2D eigenvalue weighted by molar-refractivity contribution is 0.186. The maximum absolute atomic E-state index is 13.6. The van der Waals surface area contributed by atoms with E-state index in [1.165, 1.54) is 11.8 Å². The second kappa shape index (κ2) is 6.81. The molecular formula is C13H15F2N3OS. The molecule has 0 saturated carbocycles. The average molecular weight is 299 g/mol. The third-order valence-electron chi connectivity index (χ3n) is 2.62. The van der Waals surface area contributed by atoms with Crippen LogP contribution in [-0.2, 0) is 4.74 Å². The summed E-state index contributed by atoms with van der Waals surface area (Å²) in [5.41, 5.74) is 3.40. The Labute approximate surface area is 120 Å². The summed E-state index contributed by atoms with van der Waals surface area (Å²) in [6.07, 6.45) is 0. The first kappa shape index (κ1) is 14.9. The van der Waals surface area contributed by atoms with Crippen molar-refractivity contribution in [3.05, 3.63) is 35.4 Å². The highest BCUT2D eigenvalue weighted by atomic mass is 32.2. The van der Waals surface area contributed by atoms with E-state index in [1.54, 1.807) is 7.11 Å². The number of benzene rings is 1. The molecule has 7 heteroatoms. The van der Waals surface area contributed by atoms with Crippen LogP contribution in [0.5, 0.6) is 0 Å². The first-order valence-electron chi connectivity index (χ1n) is 6.07. The summed E-state index contributed by atoms with van der Waals surface area (Å²) in [6, 6.07) is 3.34. The van der Waals surface area contributed by atoms with Crippen LogP contribution in [0.25, 0.3) is 0 Å². The van der Waals surface area contributed by atoms with Crippen LogP contribution in [0.4, 0.5) is 8.78 Å². The fourth-order valence-electron chi connectivity index (χ4n) is 1.72. The van der Waals surface area contributed by atoms with E-state index in [0.717, 1.165) is 18.2 Å². The van der Waals surface area contributed by atoms with Crippen molar-refractivity contribution >= 4 is 22.6 Å². The standard InChI is InChI=1S/C13H15F2N3OS/c1-8(6-19-2)16-13-18-17-12(7-20-13)10-5-9(14)3-4-11(10)15/h3-5,8H,6-7H2,1-2H3,(H,16,18)/t8-/m0/s1. The topological polar surface area (TPSA) is 46.0 Å². The number of amidine groups is 1. The monoisotopic (exact) mass is 299 g/mol. The lowest BCUT2D eigenvalue weighted by Crippen LogP contribution is -2.27. The van der Waals surface area contributed by atoms with E-state index in [0.29, 0.717) is 23.2 Å². The predicted octanol–water partition coefficient (Wildman–Crippen LogP) is 2.40. The Balaban J connectivity index is 2.11. The summed E-state index contributed by atoms with van der Waals surface area (Å²) in [7, 11) is 1.61. The predicted molar refractivity (Wildman–Crippen MR) is 77.3 cm³/mol. The molecule has 0 saturated heterocycles. The molecule has 0 radical (unpaired) electrons. The number of aliphatic imine (C=N–C) groups is 1. The van der Waals surface area contributed by atoms with Gasteiger partial charge in [0.05, 0.1) is 18.4 Å². The number of thioether (sulfide) groups is 1. The largest absolute Gasteiger partial charge is 0.382 e. The lowest BCUT2D eigenvalue weighted by Gasteiger charge is -2.16. The minimum absolute atomic E-state index is 0.0117. The number of hydrogen-bond acceptors (Lipinski definition) is 4. The molecule has 0 amide bonds. The van der Waals surface area contributed by atoms with Crippen molar-refractivity contribution in [3.8, 4) is 0 Å². The van der Waals surface area contributed by atoms with Gasteiger partial charge in [0.1, 0.15) is 11.6 Å². The van der Waals surface area contributed by atoms with Crippen LogP contribution in [0.3, 0.4) is 0 Å². The maximum atomic E-state index is 13.6. The van der Waals surface area contributed by atoms with Crippen molar-refractivity contribution < 1.29 is 13.5 Å². The van der Waals surface area contributed by atoms with Gasteiger partial charge in [-0.1, -0.05) is 11.8 Å². The minimum atomic E-state index is -0.485. The molecule has 1 atom stereocenters. The molecule has 0 spiro atoms. The van der Waals surface area contributed by atoms with Gasteiger partial charge in [-0.3, -0.25) is 10.4 Å². The number of nitrogens with zero attached hydrogens (tertiary/aromatic N) is 2. The van der Waals surface area contributed by atoms with Crippen molar-refractivity contribution in [2.75, 3.05) is 19.5 Å². The molecule has 4 nitrogen and oxygen atoms in total. The number of rotatable bonds is 4. The lowest BCUT2D eigenvalue weighted by atomic mass is 10.1. The van der Waals surface area contributed by atoms with Crippen LogP contribution in [0.1, 0.15) is 12.5 Å². The third kappa shape index (κ3) is 3.77. The zero-order valence-electron chi connectivity index (χ0n) is 11.2. The maximum Gasteiger partial charge on any atom is 0.177 e. The van der Waals surface area contributed by atoms with Crippen LogP contribution in [0.2, 0.25) is 0 Å². The zero-order valence-corrected chi connectivity index (χ0v) is 12.0. The number of nitrogens with one attached hydrogen (secondary N) is 1. The summed E-state index contributed by atoms with van der Waals surface area (Å²) in [5, 5.41) is 4.71. The van der Waals surface area contributed by atoms with Gasteiger partial charge in [0.15, 0.2) is 5.17 Å². The fourth-order valence-corrected chi connectivity index (χ4v) is 2.58. The van der Waals surface area contributed by atoms with Gasteiger partial charge in [-0.05, 0) is 25.1 Å². The SMILES string of the molecule is COC[C@H](C)N=C1NN=C(c2cc(F)ccc2F)CS1. The molecule has 2 rings (SSSR count). The Morgan fingerprint density at radius 2 is 2.30 bits per heavy atom. The molecule has 0 bridgehead atoms. The van der Waals surface area contributed by atoms with Gasteiger partial charge in [0.2, 0.25) is 0 Å². The van der Waals surface area contributed by atoms with Crippen molar-refractivity contribution in [3.63, 3.8) is 0 Å². The molecule has 20 heavy (non-hydrogen) atoms. The Morgan fingerprint density at radius 3 is 2.95 bits per heavy atom. The Kier molecular flexibility index (Phi) is 5.08. The highest BCUT2D eigenvalue weighted by molar-refractivity contribution is 8.14. The molecule has 0 aliphatic carbocycles. The molecule has 0 aromatic heterocycles. The van der Waals surface area contributed by atoms with E-state index < -0.39 is 11.6 Å². The highest BCUT2D eigenvalue weighted by Crippen LogP contribution is 2.17. The molecule has 0 fully saturated rings. The normalized spacial score (nSPS) is 18.6. The fraction of sp³-hybridized carbons (Fsp3) is 0.385. The van der Waals surface area contributed by atoms with E-state index in [-0.39, 0.29) is 11.6 Å². The van der Waals surface area contributed by atoms with Crippen LogP contribution >= 0.6 is 11.8 Å². The van der Waals surface area contributed by atoms with Gasteiger partial charge in [0.25, 0.3) is 0 Å². The highest BCUT2D eigenvalue weighted by Gasteiger charge is 2.17. The molecule has 108 valence electrons. The van der Waals surface area contributed by atoms with Crippen LogP contribution in [0, 0.1) is 11.6 Å². The van der Waals surface area contributed by atoms with Crippen LogP contribution in [-0.4, -0.2) is 36.4 Å². The van der Waals surface area contributed by atoms with Gasteiger partial charge >= 0.3 is 0 Å². The molecular weight excluding hydrogens is 284 g/mol. The molecule has 1 aromatic rings. The summed E-state index contributed by atoms with van der Waals surface area (Å²) in [5.74, 6) is -0.533. The van der Waals surface area contributed by atoms with Crippen LogP contribution < -0.4 is 5.43 Å². The number of ether oxygens (including phenoxy) is 1. The number of methoxy groups -OCH3 is 1. The Hall–Kier alpha value is -1.47. The molecule has 1 aliphatic rings. The van der Waals surface area contributed by atoms with Gasteiger partial charge < -0.3 is 4.74 Å². The molecule has 0 unspecified atom stereocenters. The number of hydrogen-bond donors (Lipinski definition) is 1. The summed E-state index contributed by atoms with van der Waals surface area (Å²) in [4.78, 5) is 4.36. The Morgan fingerprint density at radius 1 is 1.50 bits per heavy atom. The summed E-state index contributed by atoms with van der Waals surface area (Å²) < 4.78 is 31.8. The van der Waals surface area contributed by atoms with Crippen molar-refractivity contribution in [2.24, 2.45) is 10.1 Å². The van der Waals surface area contributed by atoms with Gasteiger partial charge in [0, 0.05) is 18.4 Å². The smallest absolute Gasteiger partial charge is 0.177 e. The second-order valence-corrected chi connectivity index (χ2v) is 5.29. The van der Waals surface area contributed by atoms with Crippen molar-refractivity contribution in [2.45, 2.75) is 13.0 Å². The first-order chi connectivity index (χ1) is 9.60. The molecule has 1 heterocycles. The molecule has 1 aliphatic heterocycles. The molecule has 1 N–H and O–H groups in total. The van der Waals surface area contributed by atoms with Gasteiger partial charge in [-0.2, -0.15) is 5.10 Å².